The van der Waals surface area contributed by atoms with Gasteiger partial charge in [-0.05, 0) is 34.3 Å². The molecule has 1 saturated heterocycles. The number of benzene rings is 1. The van der Waals surface area contributed by atoms with Gasteiger partial charge in [-0.3, -0.25) is 0 Å². The van der Waals surface area contributed by atoms with Crippen molar-refractivity contribution >= 4 is 8.32 Å². The van der Waals surface area contributed by atoms with Gasteiger partial charge < -0.3 is 28.8 Å². The van der Waals surface area contributed by atoms with Crippen molar-refractivity contribution in [3.63, 3.8) is 0 Å². The molecule has 0 spiro atoms. The van der Waals surface area contributed by atoms with Gasteiger partial charge in [0.15, 0.2) is 0 Å². The number of rotatable bonds is 11. The lowest BCUT2D eigenvalue weighted by molar-refractivity contribution is -0.226. The summed E-state index contributed by atoms with van der Waals surface area (Å²) in [5, 5.41) is 20.1. The Kier molecular flexibility index (Phi) is 10.2. The van der Waals surface area contributed by atoms with Crippen molar-refractivity contribution in [3.05, 3.63) is 29.8 Å². The van der Waals surface area contributed by atoms with E-state index < -0.39 is 26.6 Å². The van der Waals surface area contributed by atoms with Crippen LogP contribution in [0.1, 0.15) is 54.0 Å². The lowest BCUT2D eigenvalue weighted by Crippen LogP contribution is -2.62. The van der Waals surface area contributed by atoms with E-state index in [2.05, 4.69) is 48.5 Å². The van der Waals surface area contributed by atoms with Crippen molar-refractivity contribution in [2.75, 3.05) is 20.3 Å². The van der Waals surface area contributed by atoms with Crippen LogP contribution in [-0.2, 0) is 20.5 Å². The highest BCUT2D eigenvalue weighted by atomic mass is 28.4. The monoisotopic (exact) mass is 468 g/mol. The summed E-state index contributed by atoms with van der Waals surface area (Å²) in [6, 6.07) is 7.77. The van der Waals surface area contributed by atoms with Crippen LogP contribution in [0.2, 0.25) is 16.6 Å². The summed E-state index contributed by atoms with van der Waals surface area (Å²) in [7, 11) is -0.575. The molecule has 0 bridgehead atoms. The van der Waals surface area contributed by atoms with E-state index in [1.807, 2.05) is 24.3 Å². The van der Waals surface area contributed by atoms with Gasteiger partial charge in [0.05, 0.1) is 39.1 Å². The minimum atomic E-state index is -2.22. The Balaban J connectivity index is 2.36. The maximum absolute atomic E-state index is 10.1. The number of ether oxygens (including phenoxy) is 3. The van der Waals surface area contributed by atoms with Crippen molar-refractivity contribution in [3.8, 4) is 5.75 Å². The predicted molar refractivity (Wildman–Crippen MR) is 129 cm³/mol. The van der Waals surface area contributed by atoms with Gasteiger partial charge in [0.25, 0.3) is 0 Å². The van der Waals surface area contributed by atoms with Gasteiger partial charge in [-0.25, -0.2) is 0 Å². The molecule has 1 aromatic carbocycles. The van der Waals surface area contributed by atoms with Gasteiger partial charge in [0.2, 0.25) is 8.32 Å². The fourth-order valence-corrected chi connectivity index (χ4v) is 11.1. The predicted octanol–water partition coefficient (Wildman–Crippen LogP) is 4.53. The van der Waals surface area contributed by atoms with Gasteiger partial charge >= 0.3 is 0 Å². The van der Waals surface area contributed by atoms with Crippen LogP contribution >= 0.6 is 0 Å². The average Bonchev–Trinajstić information content (AvgIpc) is 2.76. The highest BCUT2D eigenvalue weighted by Crippen LogP contribution is 2.45. The lowest BCUT2D eigenvalue weighted by atomic mass is 9.88. The van der Waals surface area contributed by atoms with Crippen LogP contribution in [0.5, 0.6) is 5.75 Å². The maximum atomic E-state index is 10.1. The largest absolute Gasteiger partial charge is 0.497 e. The van der Waals surface area contributed by atoms with Crippen molar-refractivity contribution in [1.29, 1.82) is 0 Å². The fourth-order valence-electron chi connectivity index (χ4n) is 5.44. The number of hydrogen-bond acceptors (Lipinski definition) is 6. The Morgan fingerprint density at radius 1 is 0.875 bits per heavy atom. The normalized spacial score (nSPS) is 26.8. The molecule has 1 aliphatic heterocycles. The second-order valence-electron chi connectivity index (χ2n) is 9.96. The molecule has 6 nitrogen and oxygen atoms in total. The van der Waals surface area contributed by atoms with Crippen LogP contribution in [0.3, 0.4) is 0 Å². The highest BCUT2D eigenvalue weighted by molar-refractivity contribution is 6.77. The smallest absolute Gasteiger partial charge is 0.200 e. The van der Waals surface area contributed by atoms with Crippen LogP contribution in [0.25, 0.3) is 0 Å². The molecule has 0 radical (unpaired) electrons. The van der Waals surface area contributed by atoms with E-state index in [4.69, 9.17) is 18.6 Å². The molecule has 2 rings (SSSR count). The van der Waals surface area contributed by atoms with Crippen LogP contribution in [0.4, 0.5) is 0 Å². The second kappa shape index (κ2) is 11.9. The molecule has 1 fully saturated rings. The third kappa shape index (κ3) is 5.74. The van der Waals surface area contributed by atoms with Crippen molar-refractivity contribution in [2.45, 2.75) is 96.1 Å². The van der Waals surface area contributed by atoms with Crippen molar-refractivity contribution < 1.29 is 28.8 Å². The zero-order valence-electron chi connectivity index (χ0n) is 21.1. The maximum Gasteiger partial charge on any atom is 0.200 e. The van der Waals surface area contributed by atoms with E-state index in [9.17, 15) is 10.2 Å². The lowest BCUT2D eigenvalue weighted by Gasteiger charge is -2.51. The molecule has 0 saturated carbocycles. The number of methoxy groups -OCH3 is 1. The molecule has 1 heterocycles. The van der Waals surface area contributed by atoms with Crippen LogP contribution in [0, 0.1) is 5.92 Å². The van der Waals surface area contributed by atoms with Crippen LogP contribution < -0.4 is 4.74 Å². The molecule has 5 atom stereocenters. The first-order chi connectivity index (χ1) is 15.1. The van der Waals surface area contributed by atoms with Crippen LogP contribution in [-0.4, -0.2) is 63.3 Å². The van der Waals surface area contributed by atoms with Crippen molar-refractivity contribution in [1.82, 2.24) is 0 Å². The van der Waals surface area contributed by atoms with E-state index in [0.717, 1.165) is 11.3 Å². The number of aliphatic hydroxyl groups excluding tert-OH is 2. The molecule has 184 valence electrons. The third-order valence-corrected chi connectivity index (χ3v) is 13.2. The fraction of sp³-hybridized carbons (Fsp3) is 0.760. The quantitative estimate of drug-likeness (QED) is 0.465. The Morgan fingerprint density at radius 3 is 1.84 bits per heavy atom. The molecule has 1 aromatic rings. The standard InChI is InChI=1S/C25H44O6Si/c1-16(2)32(17(3)4,18(5)6)31-24-19(7)22(13-26)30-23(14-27)25(24)29-15-20-9-11-21(28-8)12-10-20/h9-12,16-19,22-27H,13-15H2,1-8H3/t19-,22-,23+,24+,25+/m0/s1. The summed E-state index contributed by atoms with van der Waals surface area (Å²) >= 11 is 0. The summed E-state index contributed by atoms with van der Waals surface area (Å²) in [5.74, 6) is 0.733. The molecule has 7 heteroatoms. The molecular weight excluding hydrogens is 424 g/mol. The zero-order chi connectivity index (χ0) is 24.1. The topological polar surface area (TPSA) is 77.4 Å². The molecule has 32 heavy (non-hydrogen) atoms. The summed E-state index contributed by atoms with van der Waals surface area (Å²) in [6.45, 7) is 15.7. The summed E-state index contributed by atoms with van der Waals surface area (Å²) in [4.78, 5) is 0. The van der Waals surface area contributed by atoms with Gasteiger partial charge in [-0.15, -0.1) is 0 Å². The van der Waals surface area contributed by atoms with Crippen LogP contribution in [0.15, 0.2) is 24.3 Å². The van der Waals surface area contributed by atoms with Crippen molar-refractivity contribution in [2.24, 2.45) is 5.92 Å². The number of aliphatic hydroxyl groups is 2. The second-order valence-corrected chi connectivity index (χ2v) is 15.4. The molecule has 1 aliphatic rings. The average molecular weight is 469 g/mol. The summed E-state index contributed by atoms with van der Waals surface area (Å²) in [5.41, 5.74) is 2.26. The van der Waals surface area contributed by atoms with E-state index in [1.54, 1.807) is 7.11 Å². The Morgan fingerprint density at radius 2 is 1.41 bits per heavy atom. The van der Waals surface area contributed by atoms with Gasteiger partial charge in [0, 0.05) is 5.92 Å². The van der Waals surface area contributed by atoms with E-state index >= 15 is 0 Å². The molecule has 0 aromatic heterocycles. The minimum Gasteiger partial charge on any atom is -0.497 e. The van der Waals surface area contributed by atoms with Gasteiger partial charge in [-0.1, -0.05) is 60.6 Å². The molecule has 0 unspecified atom stereocenters. The summed E-state index contributed by atoms with van der Waals surface area (Å²) < 4.78 is 24.9. The SMILES string of the molecule is COc1ccc(CO[C@H]2[C@H](O[Si](C(C)C)(C(C)C)C(C)C)[C@@H](C)[C@H](CO)O[C@@H]2CO)cc1. The molecule has 2 N–H and O–H groups in total. The molecular formula is C25H44O6Si. The van der Waals surface area contributed by atoms with E-state index in [1.165, 1.54) is 0 Å². The first-order valence-electron chi connectivity index (χ1n) is 11.9. The summed E-state index contributed by atoms with van der Waals surface area (Å²) in [6.07, 6.45) is -1.64. The van der Waals surface area contributed by atoms with Gasteiger partial charge in [0.1, 0.15) is 18.0 Å². The zero-order valence-corrected chi connectivity index (χ0v) is 22.1. The minimum absolute atomic E-state index is 0.0632. The Labute approximate surface area is 195 Å². The first-order valence-corrected chi connectivity index (χ1v) is 14.1. The first kappa shape index (κ1) is 27.3. The third-order valence-electron chi connectivity index (χ3n) is 7.15. The Bertz CT molecular complexity index is 656. The Hall–Kier alpha value is -0.963. The van der Waals surface area contributed by atoms with Gasteiger partial charge in [-0.2, -0.15) is 0 Å². The highest BCUT2D eigenvalue weighted by Gasteiger charge is 2.52. The van der Waals surface area contributed by atoms with E-state index in [-0.39, 0.29) is 25.2 Å². The van der Waals surface area contributed by atoms with E-state index in [0.29, 0.717) is 23.2 Å². The molecule has 0 aliphatic carbocycles. The number of hydrogen-bond donors (Lipinski definition) is 2. The molecule has 0 amide bonds.